The molecule has 1 nitrogen and oxygen atoms in total. The summed E-state index contributed by atoms with van der Waals surface area (Å²) in [6.07, 6.45) is 3.92. The highest BCUT2D eigenvalue weighted by Crippen LogP contribution is 2.36. The Balaban J connectivity index is 0.000000229. The molecule has 0 bridgehead atoms. The Labute approximate surface area is 148 Å². The van der Waals surface area contributed by atoms with Crippen molar-refractivity contribution in [2.75, 3.05) is 0 Å². The van der Waals surface area contributed by atoms with Gasteiger partial charge in [-0.1, -0.05) is 59.6 Å². The standard InChI is InChI=1S/C13H14Cl2O.C7H8/c14-12-7-5-10(6-8-12)9-1-3-11(4-2-9)13(15)16;1-7-5-3-2-4-6-7/h5-9,11H,1-4H2;2-6H,1H3/t9-,11-;. The van der Waals surface area contributed by atoms with Gasteiger partial charge in [-0.3, -0.25) is 4.79 Å². The molecule has 122 valence electrons. The molecule has 0 aromatic heterocycles. The zero-order valence-electron chi connectivity index (χ0n) is 13.3. The van der Waals surface area contributed by atoms with Crippen molar-refractivity contribution in [1.82, 2.24) is 0 Å². The Bertz CT molecular complexity index is 599. The minimum atomic E-state index is -0.172. The molecular formula is C20H22Cl2O. The van der Waals surface area contributed by atoms with Crippen molar-refractivity contribution in [2.45, 2.75) is 38.5 Å². The van der Waals surface area contributed by atoms with Crippen molar-refractivity contribution < 1.29 is 4.79 Å². The third-order valence-corrected chi connectivity index (χ3v) is 4.89. The van der Waals surface area contributed by atoms with Crippen molar-refractivity contribution in [3.63, 3.8) is 0 Å². The summed E-state index contributed by atoms with van der Waals surface area (Å²) in [6.45, 7) is 2.08. The Hall–Kier alpha value is -1.31. The van der Waals surface area contributed by atoms with Gasteiger partial charge in [-0.2, -0.15) is 0 Å². The van der Waals surface area contributed by atoms with Gasteiger partial charge in [0.25, 0.3) is 0 Å². The average molecular weight is 349 g/mol. The SMILES string of the molecule is Cc1ccccc1.O=C(Cl)[C@H]1CC[C@H](c2ccc(Cl)cc2)CC1. The van der Waals surface area contributed by atoms with Crippen LogP contribution >= 0.6 is 23.2 Å². The largest absolute Gasteiger partial charge is 0.281 e. The molecule has 3 rings (SSSR count). The maximum absolute atomic E-state index is 11.0. The van der Waals surface area contributed by atoms with E-state index >= 15 is 0 Å². The molecule has 0 aliphatic heterocycles. The molecule has 0 saturated heterocycles. The summed E-state index contributed by atoms with van der Waals surface area (Å²) in [7, 11) is 0. The Morgan fingerprint density at radius 1 is 0.913 bits per heavy atom. The summed E-state index contributed by atoms with van der Waals surface area (Å²) < 4.78 is 0. The highest BCUT2D eigenvalue weighted by atomic mass is 35.5. The molecule has 3 heteroatoms. The van der Waals surface area contributed by atoms with Crippen LogP contribution in [-0.2, 0) is 4.79 Å². The lowest BCUT2D eigenvalue weighted by atomic mass is 9.79. The van der Waals surface area contributed by atoms with Gasteiger partial charge in [0, 0.05) is 10.9 Å². The van der Waals surface area contributed by atoms with Gasteiger partial charge in [0.15, 0.2) is 0 Å². The first-order valence-electron chi connectivity index (χ1n) is 8.02. The third-order valence-electron chi connectivity index (χ3n) is 4.33. The van der Waals surface area contributed by atoms with Crippen molar-refractivity contribution in [3.05, 3.63) is 70.7 Å². The van der Waals surface area contributed by atoms with Gasteiger partial charge in [-0.15, -0.1) is 0 Å². The van der Waals surface area contributed by atoms with Gasteiger partial charge in [0.05, 0.1) is 0 Å². The summed E-state index contributed by atoms with van der Waals surface area (Å²) in [5, 5.41) is 0.600. The second kappa shape index (κ2) is 9.10. The molecule has 0 heterocycles. The van der Waals surface area contributed by atoms with Gasteiger partial charge >= 0.3 is 0 Å². The van der Waals surface area contributed by atoms with Gasteiger partial charge in [0.2, 0.25) is 5.24 Å². The fraction of sp³-hybridized carbons (Fsp3) is 0.350. The predicted octanol–water partition coefficient (Wildman–Crippen LogP) is 6.37. The van der Waals surface area contributed by atoms with Crippen LogP contribution in [0, 0.1) is 12.8 Å². The van der Waals surface area contributed by atoms with Crippen LogP contribution in [0.5, 0.6) is 0 Å². The van der Waals surface area contributed by atoms with E-state index in [9.17, 15) is 4.79 Å². The van der Waals surface area contributed by atoms with Crippen LogP contribution < -0.4 is 0 Å². The molecule has 0 spiro atoms. The first kappa shape index (κ1) is 18.0. The van der Waals surface area contributed by atoms with Crippen molar-refractivity contribution >= 4 is 28.4 Å². The van der Waals surface area contributed by atoms with Crippen LogP contribution in [0.1, 0.15) is 42.7 Å². The van der Waals surface area contributed by atoms with E-state index < -0.39 is 0 Å². The van der Waals surface area contributed by atoms with E-state index in [0.717, 1.165) is 30.7 Å². The van der Waals surface area contributed by atoms with E-state index in [1.165, 1.54) is 11.1 Å². The Morgan fingerprint density at radius 3 is 1.91 bits per heavy atom. The lowest BCUT2D eigenvalue weighted by Crippen LogP contribution is -2.17. The van der Waals surface area contributed by atoms with Crippen LogP contribution in [0.2, 0.25) is 5.02 Å². The van der Waals surface area contributed by atoms with E-state index in [1.54, 1.807) is 0 Å². The first-order valence-corrected chi connectivity index (χ1v) is 8.78. The van der Waals surface area contributed by atoms with Gasteiger partial charge in [-0.25, -0.2) is 0 Å². The molecule has 1 fully saturated rings. The molecule has 1 aliphatic rings. The number of hydrogen-bond donors (Lipinski definition) is 0. The van der Waals surface area contributed by atoms with Crippen molar-refractivity contribution in [1.29, 1.82) is 0 Å². The third kappa shape index (κ3) is 6.01. The van der Waals surface area contributed by atoms with Gasteiger partial charge < -0.3 is 0 Å². The van der Waals surface area contributed by atoms with Crippen LogP contribution in [0.15, 0.2) is 54.6 Å². The zero-order chi connectivity index (χ0) is 16.7. The molecule has 2 aromatic carbocycles. The van der Waals surface area contributed by atoms with E-state index in [0.29, 0.717) is 5.92 Å². The van der Waals surface area contributed by atoms with Crippen molar-refractivity contribution in [3.8, 4) is 0 Å². The molecule has 0 radical (unpaired) electrons. The monoisotopic (exact) mass is 348 g/mol. The number of carbonyl (C=O) groups is 1. The highest BCUT2D eigenvalue weighted by molar-refractivity contribution is 6.63. The first-order chi connectivity index (χ1) is 11.1. The number of carbonyl (C=O) groups excluding carboxylic acids is 1. The lowest BCUT2D eigenvalue weighted by molar-refractivity contribution is -0.116. The summed E-state index contributed by atoms with van der Waals surface area (Å²) in [5.41, 5.74) is 2.65. The van der Waals surface area contributed by atoms with E-state index in [2.05, 4.69) is 31.2 Å². The Kier molecular flexibility index (Phi) is 7.14. The Morgan fingerprint density at radius 2 is 1.48 bits per heavy atom. The minimum absolute atomic E-state index is 0.0743. The number of aryl methyl sites for hydroxylation is 1. The number of halogens is 2. The van der Waals surface area contributed by atoms with Crippen LogP contribution in [-0.4, -0.2) is 5.24 Å². The number of rotatable bonds is 2. The van der Waals surface area contributed by atoms with Crippen LogP contribution in [0.25, 0.3) is 0 Å². The summed E-state index contributed by atoms with van der Waals surface area (Å²) in [4.78, 5) is 11.0. The van der Waals surface area contributed by atoms with E-state index in [4.69, 9.17) is 23.2 Å². The molecule has 1 aliphatic carbocycles. The molecule has 23 heavy (non-hydrogen) atoms. The molecule has 0 amide bonds. The summed E-state index contributed by atoms with van der Waals surface area (Å²) >= 11 is 11.4. The normalized spacial score (nSPS) is 20.3. The molecular weight excluding hydrogens is 327 g/mol. The molecule has 0 unspecified atom stereocenters. The average Bonchev–Trinajstić information content (AvgIpc) is 2.57. The van der Waals surface area contributed by atoms with E-state index in [-0.39, 0.29) is 11.2 Å². The highest BCUT2D eigenvalue weighted by Gasteiger charge is 2.25. The second-order valence-corrected chi connectivity index (χ2v) is 6.87. The van der Waals surface area contributed by atoms with Gasteiger partial charge in [-0.05, 0) is 67.8 Å². The fourth-order valence-corrected chi connectivity index (χ4v) is 3.27. The van der Waals surface area contributed by atoms with Gasteiger partial charge in [0.1, 0.15) is 0 Å². The summed E-state index contributed by atoms with van der Waals surface area (Å²) in [6, 6.07) is 18.3. The number of hydrogen-bond acceptors (Lipinski definition) is 1. The topological polar surface area (TPSA) is 17.1 Å². The molecule has 0 N–H and O–H groups in total. The lowest BCUT2D eigenvalue weighted by Gasteiger charge is -2.26. The van der Waals surface area contributed by atoms with Crippen molar-refractivity contribution in [2.24, 2.45) is 5.92 Å². The maximum Gasteiger partial charge on any atom is 0.224 e. The minimum Gasteiger partial charge on any atom is -0.281 e. The second-order valence-electron chi connectivity index (χ2n) is 6.06. The predicted molar refractivity (Wildman–Crippen MR) is 98.2 cm³/mol. The maximum atomic E-state index is 11.0. The summed E-state index contributed by atoms with van der Waals surface area (Å²) in [5.74, 6) is 0.634. The smallest absolute Gasteiger partial charge is 0.224 e. The quantitative estimate of drug-likeness (QED) is 0.575. The molecule has 1 saturated carbocycles. The fourth-order valence-electron chi connectivity index (χ4n) is 2.92. The molecule has 0 atom stereocenters. The van der Waals surface area contributed by atoms with Crippen LogP contribution in [0.4, 0.5) is 0 Å². The number of benzene rings is 2. The zero-order valence-corrected chi connectivity index (χ0v) is 14.9. The van der Waals surface area contributed by atoms with E-state index in [1.807, 2.05) is 30.3 Å². The van der Waals surface area contributed by atoms with Crippen LogP contribution in [0.3, 0.4) is 0 Å². The molecule has 2 aromatic rings.